The zero-order chi connectivity index (χ0) is 21.6. The van der Waals surface area contributed by atoms with Gasteiger partial charge in [-0.15, -0.1) is 0 Å². The molecule has 3 atom stereocenters. The second-order valence-electron chi connectivity index (χ2n) is 8.46. The minimum absolute atomic E-state index is 0.112. The third kappa shape index (κ3) is 9.36. The first-order valence-corrected chi connectivity index (χ1v) is 12.3. The molecule has 1 aliphatic rings. The van der Waals surface area contributed by atoms with Crippen molar-refractivity contribution in [2.75, 3.05) is 0 Å². The van der Waals surface area contributed by atoms with Crippen LogP contribution in [0.4, 0.5) is 0 Å². The maximum atomic E-state index is 10.6. The average molecular weight is 439 g/mol. The van der Waals surface area contributed by atoms with Crippen LogP contribution in [0.25, 0.3) is 0 Å². The molecule has 1 aromatic carbocycles. The summed E-state index contributed by atoms with van der Waals surface area (Å²) < 4.78 is 12.6. The van der Waals surface area contributed by atoms with E-state index in [0.717, 1.165) is 50.5 Å². The standard InChI is InChI=1S/C25H39ClO4/c1-2-3-4-5-7-10-17-22-23(18-11-8-6-9-12-19-24(27)28)30-25(29-22)20-15-13-14-16-21(20)26/h13-16,22-23,25H,2-12,17-19H2,1H3,(H,27,28). The summed E-state index contributed by atoms with van der Waals surface area (Å²) in [5.41, 5.74) is 0.920. The number of hydrogen-bond donors (Lipinski definition) is 1. The number of unbranched alkanes of at least 4 members (excludes halogenated alkanes) is 9. The van der Waals surface area contributed by atoms with E-state index < -0.39 is 5.97 Å². The minimum Gasteiger partial charge on any atom is -0.481 e. The van der Waals surface area contributed by atoms with Crippen molar-refractivity contribution < 1.29 is 19.4 Å². The van der Waals surface area contributed by atoms with Crippen LogP contribution < -0.4 is 0 Å². The van der Waals surface area contributed by atoms with E-state index in [2.05, 4.69) is 6.92 Å². The van der Waals surface area contributed by atoms with Gasteiger partial charge in [-0.2, -0.15) is 0 Å². The van der Waals surface area contributed by atoms with E-state index in [1.54, 1.807) is 0 Å². The van der Waals surface area contributed by atoms with Crippen LogP contribution in [0.3, 0.4) is 0 Å². The Bertz CT molecular complexity index is 607. The molecule has 30 heavy (non-hydrogen) atoms. The minimum atomic E-state index is -0.699. The van der Waals surface area contributed by atoms with Gasteiger partial charge in [-0.1, -0.05) is 101 Å². The molecule has 0 amide bonds. The Morgan fingerprint density at radius 2 is 1.40 bits per heavy atom. The first-order valence-electron chi connectivity index (χ1n) is 11.9. The number of carbonyl (C=O) groups is 1. The summed E-state index contributed by atoms with van der Waals surface area (Å²) in [5.74, 6) is -0.699. The smallest absolute Gasteiger partial charge is 0.303 e. The Kier molecular flexibility index (Phi) is 12.4. The molecule has 1 fully saturated rings. The number of carboxylic acid groups (broad SMARTS) is 1. The van der Waals surface area contributed by atoms with Gasteiger partial charge < -0.3 is 14.6 Å². The lowest BCUT2D eigenvalue weighted by Gasteiger charge is -2.16. The van der Waals surface area contributed by atoms with Crippen molar-refractivity contribution in [3.63, 3.8) is 0 Å². The quantitative estimate of drug-likeness (QED) is 0.269. The molecule has 170 valence electrons. The largest absolute Gasteiger partial charge is 0.481 e. The third-order valence-electron chi connectivity index (χ3n) is 5.89. The molecule has 0 aromatic heterocycles. The van der Waals surface area contributed by atoms with Crippen LogP contribution in [0.15, 0.2) is 24.3 Å². The maximum absolute atomic E-state index is 10.6. The monoisotopic (exact) mass is 438 g/mol. The van der Waals surface area contributed by atoms with Gasteiger partial charge >= 0.3 is 5.97 Å². The van der Waals surface area contributed by atoms with Crippen LogP contribution in [0.5, 0.6) is 0 Å². The summed E-state index contributed by atoms with van der Waals surface area (Å²) in [6.45, 7) is 2.25. The lowest BCUT2D eigenvalue weighted by Crippen LogP contribution is -2.22. The number of aliphatic carboxylic acids is 1. The van der Waals surface area contributed by atoms with Gasteiger partial charge in [0.1, 0.15) is 0 Å². The first-order chi connectivity index (χ1) is 14.6. The van der Waals surface area contributed by atoms with Crippen LogP contribution in [-0.2, 0) is 14.3 Å². The van der Waals surface area contributed by atoms with Crippen LogP contribution in [0, 0.1) is 0 Å². The molecule has 0 aliphatic carbocycles. The molecule has 0 spiro atoms. The predicted octanol–water partition coefficient (Wildman–Crippen LogP) is 7.69. The van der Waals surface area contributed by atoms with Crippen LogP contribution in [0.1, 0.15) is 109 Å². The van der Waals surface area contributed by atoms with Crippen molar-refractivity contribution in [3.8, 4) is 0 Å². The highest BCUT2D eigenvalue weighted by atomic mass is 35.5. The van der Waals surface area contributed by atoms with E-state index in [-0.39, 0.29) is 24.9 Å². The Hall–Kier alpha value is -1.10. The molecule has 0 radical (unpaired) electrons. The molecule has 1 aromatic rings. The van der Waals surface area contributed by atoms with Gasteiger partial charge in [-0.25, -0.2) is 0 Å². The predicted molar refractivity (Wildman–Crippen MR) is 122 cm³/mol. The maximum Gasteiger partial charge on any atom is 0.303 e. The summed E-state index contributed by atoms with van der Waals surface area (Å²) in [7, 11) is 0. The van der Waals surface area contributed by atoms with Crippen molar-refractivity contribution in [2.45, 2.75) is 115 Å². The van der Waals surface area contributed by atoms with E-state index in [9.17, 15) is 4.79 Å². The lowest BCUT2D eigenvalue weighted by molar-refractivity contribution is -0.137. The fourth-order valence-corrected chi connectivity index (χ4v) is 4.35. The number of rotatable bonds is 16. The molecule has 1 aliphatic heterocycles. The zero-order valence-corrected chi connectivity index (χ0v) is 19.2. The third-order valence-corrected chi connectivity index (χ3v) is 6.24. The molecule has 1 N–H and O–H groups in total. The summed E-state index contributed by atoms with van der Waals surface area (Å²) in [6, 6.07) is 7.77. The van der Waals surface area contributed by atoms with E-state index in [4.69, 9.17) is 26.2 Å². The number of halogens is 1. The molecule has 0 saturated carbocycles. The highest BCUT2D eigenvalue weighted by molar-refractivity contribution is 6.31. The topological polar surface area (TPSA) is 55.8 Å². The Morgan fingerprint density at radius 3 is 1.97 bits per heavy atom. The summed E-state index contributed by atoms with van der Waals surface area (Å²) in [5, 5.41) is 9.41. The zero-order valence-electron chi connectivity index (χ0n) is 18.5. The van der Waals surface area contributed by atoms with Gasteiger partial charge in [-0.05, 0) is 25.3 Å². The van der Waals surface area contributed by atoms with Gasteiger partial charge in [0.2, 0.25) is 0 Å². The van der Waals surface area contributed by atoms with Gasteiger partial charge in [0.15, 0.2) is 6.29 Å². The molecule has 5 heteroatoms. The normalized spacial score (nSPS) is 21.2. The molecule has 1 saturated heterocycles. The fraction of sp³-hybridized carbons (Fsp3) is 0.720. The second-order valence-corrected chi connectivity index (χ2v) is 8.87. The molecular weight excluding hydrogens is 400 g/mol. The number of hydrogen-bond acceptors (Lipinski definition) is 3. The van der Waals surface area contributed by atoms with Crippen molar-refractivity contribution in [3.05, 3.63) is 34.9 Å². The highest BCUT2D eigenvalue weighted by Crippen LogP contribution is 2.38. The van der Waals surface area contributed by atoms with E-state index in [1.807, 2.05) is 24.3 Å². The fourth-order valence-electron chi connectivity index (χ4n) is 4.12. The van der Waals surface area contributed by atoms with Crippen molar-refractivity contribution in [1.29, 1.82) is 0 Å². The number of carboxylic acids is 1. The molecular formula is C25H39ClO4. The molecule has 1 heterocycles. The van der Waals surface area contributed by atoms with Gasteiger partial charge in [0.25, 0.3) is 0 Å². The molecule has 3 unspecified atom stereocenters. The Morgan fingerprint density at radius 1 is 0.867 bits per heavy atom. The van der Waals surface area contributed by atoms with Crippen molar-refractivity contribution >= 4 is 17.6 Å². The number of ether oxygens (including phenoxy) is 2. The molecule has 2 rings (SSSR count). The SMILES string of the molecule is CCCCCCCCC1OC(c2ccccc2Cl)OC1CCCCCCCC(=O)O. The average Bonchev–Trinajstić information content (AvgIpc) is 3.12. The van der Waals surface area contributed by atoms with Crippen LogP contribution in [0.2, 0.25) is 5.02 Å². The molecule has 4 nitrogen and oxygen atoms in total. The van der Waals surface area contributed by atoms with Crippen LogP contribution in [-0.4, -0.2) is 23.3 Å². The van der Waals surface area contributed by atoms with Gasteiger partial charge in [-0.3, -0.25) is 4.79 Å². The van der Waals surface area contributed by atoms with E-state index in [1.165, 1.54) is 38.5 Å². The summed E-state index contributed by atoms with van der Waals surface area (Å²) >= 11 is 6.37. The summed E-state index contributed by atoms with van der Waals surface area (Å²) in [4.78, 5) is 10.6. The van der Waals surface area contributed by atoms with Crippen molar-refractivity contribution in [2.24, 2.45) is 0 Å². The number of benzene rings is 1. The first kappa shape index (κ1) is 25.2. The van der Waals surface area contributed by atoms with E-state index >= 15 is 0 Å². The lowest BCUT2D eigenvalue weighted by atomic mass is 9.99. The molecule has 0 bridgehead atoms. The summed E-state index contributed by atoms with van der Waals surface area (Å²) in [6.07, 6.45) is 14.9. The van der Waals surface area contributed by atoms with Gasteiger partial charge in [0, 0.05) is 17.0 Å². The van der Waals surface area contributed by atoms with Crippen LogP contribution >= 0.6 is 11.6 Å². The Balaban J connectivity index is 1.78. The van der Waals surface area contributed by atoms with Crippen molar-refractivity contribution in [1.82, 2.24) is 0 Å². The van der Waals surface area contributed by atoms with Gasteiger partial charge in [0.05, 0.1) is 12.2 Å². The van der Waals surface area contributed by atoms with E-state index in [0.29, 0.717) is 5.02 Å². The highest BCUT2D eigenvalue weighted by Gasteiger charge is 2.36. The second kappa shape index (κ2) is 14.8. The Labute approximate surface area is 187 Å².